The van der Waals surface area contributed by atoms with Crippen molar-refractivity contribution in [2.75, 3.05) is 20.2 Å². The fourth-order valence-electron chi connectivity index (χ4n) is 1.03. The van der Waals surface area contributed by atoms with Crippen LogP contribution in [-0.2, 0) is 9.45 Å². The van der Waals surface area contributed by atoms with Gasteiger partial charge < -0.3 is 9.47 Å². The van der Waals surface area contributed by atoms with Crippen LogP contribution in [0.1, 0.15) is 12.8 Å². The standard InChI is InChI=1S/C6H11BNO2/c1-10-7-8-4-2-6(9)3-5-8/h2-5H2,1H3. The quantitative estimate of drug-likeness (QED) is 0.498. The average molecular weight is 140 g/mol. The lowest BCUT2D eigenvalue weighted by atomic mass is 10.0. The fourth-order valence-corrected chi connectivity index (χ4v) is 1.03. The van der Waals surface area contributed by atoms with Gasteiger partial charge >= 0.3 is 7.62 Å². The van der Waals surface area contributed by atoms with Crippen molar-refractivity contribution < 1.29 is 9.45 Å². The molecule has 1 heterocycles. The Kier molecular flexibility index (Phi) is 2.90. The predicted octanol–water partition coefficient (Wildman–Crippen LogP) is -0.168. The number of nitrogens with zero attached hydrogens (tertiary/aromatic N) is 1. The van der Waals surface area contributed by atoms with Gasteiger partial charge in [-0.3, -0.25) is 4.79 Å². The first kappa shape index (κ1) is 7.76. The number of carbonyl (C=O) groups is 1. The molecule has 0 N–H and O–H groups in total. The maximum absolute atomic E-state index is 10.7. The summed E-state index contributed by atoms with van der Waals surface area (Å²) in [6.07, 6.45) is 1.33. The summed E-state index contributed by atoms with van der Waals surface area (Å²) in [4.78, 5) is 12.7. The minimum Gasteiger partial charge on any atom is -0.427 e. The molecule has 1 radical (unpaired) electrons. The molecule has 0 saturated carbocycles. The lowest BCUT2D eigenvalue weighted by Gasteiger charge is -2.23. The van der Waals surface area contributed by atoms with Crippen molar-refractivity contribution in [3.8, 4) is 0 Å². The van der Waals surface area contributed by atoms with E-state index in [0.29, 0.717) is 18.6 Å². The second-order valence-corrected chi connectivity index (χ2v) is 2.42. The van der Waals surface area contributed by atoms with Crippen LogP contribution in [0.3, 0.4) is 0 Å². The number of Topliss-reactive ketones (excluding diaryl/α,β-unsaturated/α-hetero) is 1. The Morgan fingerprint density at radius 1 is 1.50 bits per heavy atom. The molecule has 1 rings (SSSR count). The van der Waals surface area contributed by atoms with Crippen molar-refractivity contribution in [2.24, 2.45) is 0 Å². The van der Waals surface area contributed by atoms with Crippen molar-refractivity contribution in [1.82, 2.24) is 4.81 Å². The van der Waals surface area contributed by atoms with E-state index in [9.17, 15) is 4.79 Å². The summed E-state index contributed by atoms with van der Waals surface area (Å²) >= 11 is 0. The van der Waals surface area contributed by atoms with Gasteiger partial charge in [0.25, 0.3) is 0 Å². The molecule has 3 nitrogen and oxygen atoms in total. The molecular weight excluding hydrogens is 129 g/mol. The summed E-state index contributed by atoms with van der Waals surface area (Å²) in [7, 11) is 3.29. The van der Waals surface area contributed by atoms with Gasteiger partial charge in [0.15, 0.2) is 0 Å². The Morgan fingerprint density at radius 2 is 2.10 bits per heavy atom. The number of hydrogen-bond donors (Lipinski definition) is 0. The van der Waals surface area contributed by atoms with Crippen molar-refractivity contribution in [3.05, 3.63) is 0 Å². The van der Waals surface area contributed by atoms with Crippen LogP contribution in [0.25, 0.3) is 0 Å². The van der Waals surface area contributed by atoms with Gasteiger partial charge in [0.1, 0.15) is 5.78 Å². The topological polar surface area (TPSA) is 29.5 Å². The lowest BCUT2D eigenvalue weighted by molar-refractivity contribution is -0.120. The zero-order valence-corrected chi connectivity index (χ0v) is 6.17. The molecule has 4 heteroatoms. The Morgan fingerprint density at radius 3 is 2.60 bits per heavy atom. The van der Waals surface area contributed by atoms with Crippen molar-refractivity contribution in [2.45, 2.75) is 12.8 Å². The molecule has 1 fully saturated rings. The Bertz CT molecular complexity index is 119. The van der Waals surface area contributed by atoms with Gasteiger partial charge in [-0.1, -0.05) is 0 Å². The third-order valence-corrected chi connectivity index (χ3v) is 1.61. The first-order chi connectivity index (χ1) is 4.83. The summed E-state index contributed by atoms with van der Waals surface area (Å²) < 4.78 is 4.81. The van der Waals surface area contributed by atoms with E-state index in [1.807, 2.05) is 4.81 Å². The number of carbonyl (C=O) groups excluding carboxylic acids is 1. The summed E-state index contributed by atoms with van der Waals surface area (Å²) in [5, 5.41) is 0. The summed E-state index contributed by atoms with van der Waals surface area (Å²) in [5.41, 5.74) is 0. The summed E-state index contributed by atoms with van der Waals surface area (Å²) in [6, 6.07) is 0. The zero-order valence-electron chi connectivity index (χ0n) is 6.17. The van der Waals surface area contributed by atoms with Gasteiger partial charge in [0.05, 0.1) is 0 Å². The second kappa shape index (κ2) is 3.73. The minimum absolute atomic E-state index is 0.362. The molecule has 0 aliphatic carbocycles. The molecule has 1 saturated heterocycles. The largest absolute Gasteiger partial charge is 0.427 e. The molecule has 0 amide bonds. The van der Waals surface area contributed by atoms with E-state index in [0.717, 1.165) is 13.1 Å². The number of piperidine rings is 1. The fraction of sp³-hybridized carbons (Fsp3) is 0.833. The van der Waals surface area contributed by atoms with Gasteiger partial charge in [-0.15, -0.1) is 0 Å². The van der Waals surface area contributed by atoms with E-state index >= 15 is 0 Å². The van der Waals surface area contributed by atoms with Crippen LogP contribution in [0.4, 0.5) is 0 Å². The zero-order chi connectivity index (χ0) is 7.40. The molecule has 0 aromatic heterocycles. The van der Waals surface area contributed by atoms with Gasteiger partial charge in [-0.05, 0) is 13.1 Å². The smallest absolute Gasteiger partial charge is 0.398 e. The number of ketones is 1. The van der Waals surface area contributed by atoms with Crippen LogP contribution in [0.15, 0.2) is 0 Å². The van der Waals surface area contributed by atoms with E-state index in [2.05, 4.69) is 0 Å². The van der Waals surface area contributed by atoms with Crippen molar-refractivity contribution in [1.29, 1.82) is 0 Å². The van der Waals surface area contributed by atoms with Gasteiger partial charge in [0, 0.05) is 20.0 Å². The first-order valence-electron chi connectivity index (χ1n) is 3.45. The van der Waals surface area contributed by atoms with Crippen LogP contribution in [0, 0.1) is 0 Å². The molecule has 0 atom stereocenters. The number of hydrogen-bond acceptors (Lipinski definition) is 3. The van der Waals surface area contributed by atoms with Crippen LogP contribution < -0.4 is 0 Å². The molecule has 55 valence electrons. The van der Waals surface area contributed by atoms with E-state index in [1.54, 1.807) is 14.7 Å². The Labute approximate surface area is 61.6 Å². The highest BCUT2D eigenvalue weighted by molar-refractivity contribution is 6.23. The normalized spacial score (nSPS) is 21.1. The van der Waals surface area contributed by atoms with Crippen LogP contribution in [0.2, 0.25) is 0 Å². The summed E-state index contributed by atoms with van der Waals surface area (Å²) in [5.74, 6) is 0.362. The third-order valence-electron chi connectivity index (χ3n) is 1.61. The van der Waals surface area contributed by atoms with E-state index in [1.165, 1.54) is 0 Å². The molecule has 0 spiro atoms. The Balaban J connectivity index is 2.19. The second-order valence-electron chi connectivity index (χ2n) is 2.42. The lowest BCUT2D eigenvalue weighted by Crippen LogP contribution is -2.37. The summed E-state index contributed by atoms with van der Waals surface area (Å²) in [6.45, 7) is 1.62. The third kappa shape index (κ3) is 2.12. The molecular formula is C6H11BNO2. The molecule has 0 unspecified atom stereocenters. The highest BCUT2D eigenvalue weighted by Crippen LogP contribution is 2.03. The maximum atomic E-state index is 10.7. The molecule has 10 heavy (non-hydrogen) atoms. The molecule has 1 aliphatic rings. The minimum atomic E-state index is 0.362. The highest BCUT2D eigenvalue weighted by Gasteiger charge is 2.16. The van der Waals surface area contributed by atoms with E-state index in [4.69, 9.17) is 4.65 Å². The molecule has 0 bridgehead atoms. The molecule has 0 aromatic carbocycles. The average Bonchev–Trinajstić information content (AvgIpc) is 1.95. The van der Waals surface area contributed by atoms with Crippen molar-refractivity contribution in [3.63, 3.8) is 0 Å². The first-order valence-corrected chi connectivity index (χ1v) is 3.45. The Hall–Kier alpha value is -0.345. The van der Waals surface area contributed by atoms with E-state index < -0.39 is 0 Å². The monoisotopic (exact) mass is 140 g/mol. The highest BCUT2D eigenvalue weighted by atomic mass is 16.4. The molecule has 1 aliphatic heterocycles. The SMILES string of the molecule is CO[B]N1CCC(=O)CC1. The van der Waals surface area contributed by atoms with Crippen molar-refractivity contribution >= 4 is 13.4 Å². The van der Waals surface area contributed by atoms with Gasteiger partial charge in [-0.2, -0.15) is 0 Å². The predicted molar refractivity (Wildman–Crippen MR) is 38.6 cm³/mol. The van der Waals surface area contributed by atoms with E-state index in [-0.39, 0.29) is 0 Å². The maximum Gasteiger partial charge on any atom is 0.398 e. The van der Waals surface area contributed by atoms with Gasteiger partial charge in [0.2, 0.25) is 0 Å². The number of rotatable bonds is 2. The van der Waals surface area contributed by atoms with Gasteiger partial charge in [-0.25, -0.2) is 0 Å². The van der Waals surface area contributed by atoms with Crippen LogP contribution in [-0.4, -0.2) is 38.4 Å². The van der Waals surface area contributed by atoms with Crippen LogP contribution in [0.5, 0.6) is 0 Å². The van der Waals surface area contributed by atoms with Crippen LogP contribution >= 0.6 is 0 Å². The molecule has 0 aromatic rings.